The van der Waals surface area contributed by atoms with E-state index in [-0.39, 0.29) is 0 Å². The molecule has 2 aromatic heterocycles. The van der Waals surface area contributed by atoms with E-state index in [0.717, 1.165) is 17.9 Å². The quantitative estimate of drug-likeness (QED) is 0.868. The standard InChI is InChI=1S/C12H19N5O/c1-4-16-12(13-8-15-16)5-11(18)10-6-14-17(7-10)9(2)3/h6-9,11,18H,4-5H2,1-3H3. The molecule has 0 saturated heterocycles. The molecule has 18 heavy (non-hydrogen) atoms. The predicted octanol–water partition coefficient (Wildman–Crippen LogP) is 1.35. The van der Waals surface area contributed by atoms with Crippen LogP contribution >= 0.6 is 0 Å². The molecule has 0 saturated carbocycles. The molecule has 0 radical (unpaired) electrons. The Kier molecular flexibility index (Phi) is 3.76. The third-order valence-electron chi connectivity index (χ3n) is 2.91. The van der Waals surface area contributed by atoms with Crippen molar-refractivity contribution in [2.24, 2.45) is 0 Å². The summed E-state index contributed by atoms with van der Waals surface area (Å²) in [6.07, 6.45) is 4.96. The average Bonchev–Trinajstić information content (AvgIpc) is 2.96. The summed E-state index contributed by atoms with van der Waals surface area (Å²) in [7, 11) is 0. The molecule has 2 aromatic rings. The van der Waals surface area contributed by atoms with Crippen molar-refractivity contribution in [1.82, 2.24) is 24.5 Å². The molecule has 1 N–H and O–H groups in total. The van der Waals surface area contributed by atoms with Crippen LogP contribution in [0.1, 0.15) is 44.3 Å². The van der Waals surface area contributed by atoms with E-state index >= 15 is 0 Å². The summed E-state index contributed by atoms with van der Waals surface area (Å²) in [6.45, 7) is 6.86. The number of aromatic nitrogens is 5. The summed E-state index contributed by atoms with van der Waals surface area (Å²) >= 11 is 0. The van der Waals surface area contributed by atoms with Crippen molar-refractivity contribution < 1.29 is 5.11 Å². The van der Waals surface area contributed by atoms with Crippen LogP contribution in [0, 0.1) is 0 Å². The lowest BCUT2D eigenvalue weighted by Crippen LogP contribution is -2.09. The minimum Gasteiger partial charge on any atom is -0.388 e. The highest BCUT2D eigenvalue weighted by Gasteiger charge is 2.15. The third kappa shape index (κ3) is 2.59. The van der Waals surface area contributed by atoms with E-state index in [2.05, 4.69) is 29.0 Å². The number of hydrogen-bond acceptors (Lipinski definition) is 4. The fourth-order valence-electron chi connectivity index (χ4n) is 1.81. The summed E-state index contributed by atoms with van der Waals surface area (Å²) in [5, 5.41) is 18.5. The van der Waals surface area contributed by atoms with E-state index in [1.165, 1.54) is 6.33 Å². The van der Waals surface area contributed by atoms with Gasteiger partial charge in [0.15, 0.2) is 0 Å². The van der Waals surface area contributed by atoms with Gasteiger partial charge in [-0.25, -0.2) is 4.98 Å². The molecule has 0 aliphatic rings. The maximum atomic E-state index is 10.2. The maximum Gasteiger partial charge on any atom is 0.138 e. The highest BCUT2D eigenvalue weighted by atomic mass is 16.3. The molecule has 0 aliphatic heterocycles. The molecule has 0 aromatic carbocycles. The van der Waals surface area contributed by atoms with Crippen molar-refractivity contribution in [3.05, 3.63) is 30.1 Å². The van der Waals surface area contributed by atoms with Crippen molar-refractivity contribution in [3.8, 4) is 0 Å². The van der Waals surface area contributed by atoms with Gasteiger partial charge >= 0.3 is 0 Å². The van der Waals surface area contributed by atoms with E-state index in [9.17, 15) is 5.11 Å². The Labute approximate surface area is 106 Å². The number of hydrogen-bond donors (Lipinski definition) is 1. The zero-order valence-electron chi connectivity index (χ0n) is 11.0. The van der Waals surface area contributed by atoms with Gasteiger partial charge in [0.05, 0.1) is 12.3 Å². The lowest BCUT2D eigenvalue weighted by Gasteiger charge is -2.09. The van der Waals surface area contributed by atoms with Crippen LogP contribution in [0.5, 0.6) is 0 Å². The van der Waals surface area contributed by atoms with Gasteiger partial charge in [0, 0.05) is 30.8 Å². The van der Waals surface area contributed by atoms with E-state index in [0.29, 0.717) is 12.5 Å². The third-order valence-corrected chi connectivity index (χ3v) is 2.91. The second kappa shape index (κ2) is 5.30. The Morgan fingerprint density at radius 3 is 2.72 bits per heavy atom. The lowest BCUT2D eigenvalue weighted by molar-refractivity contribution is 0.174. The Bertz CT molecular complexity index is 502. The smallest absolute Gasteiger partial charge is 0.138 e. The minimum atomic E-state index is -0.591. The molecule has 0 aliphatic carbocycles. The fourth-order valence-corrected chi connectivity index (χ4v) is 1.81. The van der Waals surface area contributed by atoms with Crippen molar-refractivity contribution in [2.45, 2.75) is 45.9 Å². The normalized spacial score (nSPS) is 13.2. The molecule has 0 amide bonds. The molecular formula is C12H19N5O. The number of aliphatic hydroxyl groups is 1. The number of nitrogens with zero attached hydrogens (tertiary/aromatic N) is 5. The molecular weight excluding hydrogens is 230 g/mol. The van der Waals surface area contributed by atoms with Crippen molar-refractivity contribution in [3.63, 3.8) is 0 Å². The highest BCUT2D eigenvalue weighted by Crippen LogP contribution is 2.17. The molecule has 0 spiro atoms. The van der Waals surface area contributed by atoms with E-state index in [1.54, 1.807) is 10.9 Å². The van der Waals surface area contributed by atoms with Crippen molar-refractivity contribution in [2.75, 3.05) is 0 Å². The topological polar surface area (TPSA) is 68.8 Å². The second-order valence-electron chi connectivity index (χ2n) is 4.56. The van der Waals surface area contributed by atoms with Crippen LogP contribution in [0.4, 0.5) is 0 Å². The maximum absolute atomic E-state index is 10.2. The van der Waals surface area contributed by atoms with E-state index in [1.807, 2.05) is 17.8 Å². The molecule has 1 unspecified atom stereocenters. The van der Waals surface area contributed by atoms with Crippen LogP contribution in [-0.2, 0) is 13.0 Å². The summed E-state index contributed by atoms with van der Waals surface area (Å²) in [5.41, 5.74) is 0.814. The Hall–Kier alpha value is -1.69. The van der Waals surface area contributed by atoms with Crippen molar-refractivity contribution >= 4 is 0 Å². The zero-order valence-corrected chi connectivity index (χ0v) is 11.0. The number of aryl methyl sites for hydroxylation is 1. The van der Waals surface area contributed by atoms with Crippen molar-refractivity contribution in [1.29, 1.82) is 0 Å². The predicted molar refractivity (Wildman–Crippen MR) is 67.0 cm³/mol. The first-order chi connectivity index (χ1) is 8.61. The lowest BCUT2D eigenvalue weighted by atomic mass is 10.1. The van der Waals surface area contributed by atoms with E-state index < -0.39 is 6.10 Å². The molecule has 1 atom stereocenters. The Morgan fingerprint density at radius 2 is 2.11 bits per heavy atom. The highest BCUT2D eigenvalue weighted by molar-refractivity contribution is 5.10. The number of rotatable bonds is 5. The van der Waals surface area contributed by atoms with Crippen LogP contribution in [0.3, 0.4) is 0 Å². The molecule has 2 rings (SSSR count). The zero-order chi connectivity index (χ0) is 13.1. The van der Waals surface area contributed by atoms with Crippen LogP contribution in [0.2, 0.25) is 0 Å². The summed E-state index contributed by atoms with van der Waals surface area (Å²) in [4.78, 5) is 4.16. The minimum absolute atomic E-state index is 0.297. The molecule has 6 nitrogen and oxygen atoms in total. The molecule has 98 valence electrons. The van der Waals surface area contributed by atoms with Crippen LogP contribution < -0.4 is 0 Å². The van der Waals surface area contributed by atoms with Crippen LogP contribution in [0.25, 0.3) is 0 Å². The van der Waals surface area contributed by atoms with Gasteiger partial charge in [-0.1, -0.05) is 0 Å². The van der Waals surface area contributed by atoms with Crippen LogP contribution in [0.15, 0.2) is 18.7 Å². The second-order valence-corrected chi connectivity index (χ2v) is 4.56. The van der Waals surface area contributed by atoms with Gasteiger partial charge in [-0.2, -0.15) is 10.2 Å². The van der Waals surface area contributed by atoms with Gasteiger partial charge < -0.3 is 5.11 Å². The molecule has 2 heterocycles. The summed E-state index contributed by atoms with van der Waals surface area (Å²) < 4.78 is 3.62. The summed E-state index contributed by atoms with van der Waals surface area (Å²) in [5.74, 6) is 0.794. The largest absolute Gasteiger partial charge is 0.388 e. The van der Waals surface area contributed by atoms with Gasteiger partial charge in [-0.05, 0) is 20.8 Å². The Morgan fingerprint density at radius 1 is 1.33 bits per heavy atom. The fraction of sp³-hybridized carbons (Fsp3) is 0.583. The van der Waals surface area contributed by atoms with Gasteiger partial charge in [-0.3, -0.25) is 9.36 Å². The molecule has 6 heteroatoms. The first-order valence-corrected chi connectivity index (χ1v) is 6.20. The first-order valence-electron chi connectivity index (χ1n) is 6.20. The summed E-state index contributed by atoms with van der Waals surface area (Å²) in [6, 6.07) is 0.297. The molecule has 0 fully saturated rings. The SMILES string of the molecule is CCn1ncnc1CC(O)c1cnn(C(C)C)c1. The van der Waals surface area contributed by atoms with E-state index in [4.69, 9.17) is 0 Å². The van der Waals surface area contributed by atoms with Gasteiger partial charge in [0.2, 0.25) is 0 Å². The number of aliphatic hydroxyl groups excluding tert-OH is 1. The van der Waals surface area contributed by atoms with Gasteiger partial charge in [-0.15, -0.1) is 0 Å². The monoisotopic (exact) mass is 249 g/mol. The Balaban J connectivity index is 2.09. The van der Waals surface area contributed by atoms with Gasteiger partial charge in [0.1, 0.15) is 12.2 Å². The molecule has 0 bridgehead atoms. The average molecular weight is 249 g/mol. The van der Waals surface area contributed by atoms with Gasteiger partial charge in [0.25, 0.3) is 0 Å². The first kappa shape index (κ1) is 12.8. The van der Waals surface area contributed by atoms with Crippen LogP contribution in [-0.4, -0.2) is 29.7 Å².